The molecule has 2 unspecified atom stereocenters. The highest BCUT2D eigenvalue weighted by Gasteiger charge is 2.29. The quantitative estimate of drug-likeness (QED) is 0.836. The number of hydrogen-bond donors (Lipinski definition) is 1. The van der Waals surface area contributed by atoms with Crippen LogP contribution in [0.3, 0.4) is 0 Å². The second-order valence-electron chi connectivity index (χ2n) is 6.75. The van der Waals surface area contributed by atoms with Gasteiger partial charge in [-0.25, -0.2) is 0 Å². The highest BCUT2D eigenvalue weighted by atomic mass is 16.2. The third-order valence-electron chi connectivity index (χ3n) is 4.36. The van der Waals surface area contributed by atoms with Crippen LogP contribution in [-0.2, 0) is 4.79 Å². The second kappa shape index (κ2) is 6.55. The van der Waals surface area contributed by atoms with Crippen LogP contribution in [0.1, 0.15) is 53.4 Å². The number of carbonyl (C=O) groups is 1. The van der Waals surface area contributed by atoms with Gasteiger partial charge in [0.15, 0.2) is 0 Å². The van der Waals surface area contributed by atoms with E-state index in [0.29, 0.717) is 23.3 Å². The summed E-state index contributed by atoms with van der Waals surface area (Å²) in [5.74, 6) is 1.03. The predicted octanol–water partition coefficient (Wildman–Crippen LogP) is 2.66. The van der Waals surface area contributed by atoms with Crippen LogP contribution in [-0.4, -0.2) is 37.0 Å². The fraction of sp³-hybridized carbons (Fsp3) is 0.933. The van der Waals surface area contributed by atoms with Gasteiger partial charge in [-0.15, -0.1) is 0 Å². The van der Waals surface area contributed by atoms with Gasteiger partial charge in [-0.2, -0.15) is 0 Å². The zero-order chi connectivity index (χ0) is 13.8. The molecule has 0 aliphatic carbocycles. The van der Waals surface area contributed by atoms with Gasteiger partial charge in [0.05, 0.1) is 0 Å². The maximum absolute atomic E-state index is 12.1. The van der Waals surface area contributed by atoms with Crippen LogP contribution in [0, 0.1) is 11.3 Å². The lowest BCUT2D eigenvalue weighted by Crippen LogP contribution is -2.35. The fourth-order valence-corrected chi connectivity index (χ4v) is 2.63. The Bertz CT molecular complexity index is 270. The van der Waals surface area contributed by atoms with Crippen molar-refractivity contribution in [1.82, 2.24) is 10.2 Å². The molecule has 0 radical (unpaired) electrons. The molecule has 0 spiro atoms. The van der Waals surface area contributed by atoms with Crippen molar-refractivity contribution in [3.05, 3.63) is 0 Å². The van der Waals surface area contributed by atoms with E-state index in [-0.39, 0.29) is 0 Å². The van der Waals surface area contributed by atoms with Crippen LogP contribution in [0.5, 0.6) is 0 Å². The van der Waals surface area contributed by atoms with Gasteiger partial charge in [-0.3, -0.25) is 4.79 Å². The van der Waals surface area contributed by atoms with Crippen molar-refractivity contribution in [2.75, 3.05) is 20.1 Å². The molecule has 18 heavy (non-hydrogen) atoms. The molecule has 3 nitrogen and oxygen atoms in total. The van der Waals surface area contributed by atoms with Crippen molar-refractivity contribution < 1.29 is 4.79 Å². The fourth-order valence-electron chi connectivity index (χ4n) is 2.63. The zero-order valence-electron chi connectivity index (χ0n) is 12.8. The van der Waals surface area contributed by atoms with Crippen molar-refractivity contribution in [3.8, 4) is 0 Å². The van der Waals surface area contributed by atoms with E-state index in [2.05, 4.69) is 37.9 Å². The van der Waals surface area contributed by atoms with Crippen molar-refractivity contribution in [2.45, 2.75) is 59.4 Å². The summed E-state index contributed by atoms with van der Waals surface area (Å²) in [6.45, 7) is 10.9. The standard InChI is InChI=1S/C15H30N2O/c1-12(16-5)8-10-17-11-9-13(15(2,3)4)6-7-14(17)18/h12-13,16H,6-11H2,1-5H3. The maximum Gasteiger partial charge on any atom is 0.222 e. The smallest absolute Gasteiger partial charge is 0.222 e. The van der Waals surface area contributed by atoms with E-state index in [9.17, 15) is 4.79 Å². The van der Waals surface area contributed by atoms with E-state index in [1.165, 1.54) is 0 Å². The van der Waals surface area contributed by atoms with E-state index in [1.54, 1.807) is 0 Å². The Morgan fingerprint density at radius 1 is 1.39 bits per heavy atom. The molecule has 0 saturated carbocycles. The summed E-state index contributed by atoms with van der Waals surface area (Å²) in [6.07, 6.45) is 3.99. The van der Waals surface area contributed by atoms with Gasteiger partial charge in [0.2, 0.25) is 5.91 Å². The minimum Gasteiger partial charge on any atom is -0.343 e. The first-order valence-corrected chi connectivity index (χ1v) is 7.29. The Kier molecular flexibility index (Phi) is 5.64. The SMILES string of the molecule is CNC(C)CCN1CCC(C(C)(C)C)CCC1=O. The van der Waals surface area contributed by atoms with Crippen molar-refractivity contribution in [3.63, 3.8) is 0 Å². The van der Waals surface area contributed by atoms with Crippen LogP contribution >= 0.6 is 0 Å². The first-order valence-electron chi connectivity index (χ1n) is 7.29. The van der Waals surface area contributed by atoms with Gasteiger partial charge in [-0.05, 0) is 44.6 Å². The predicted molar refractivity (Wildman–Crippen MR) is 76.5 cm³/mol. The Morgan fingerprint density at radius 3 is 2.61 bits per heavy atom. The Labute approximate surface area is 112 Å². The first-order chi connectivity index (χ1) is 8.34. The number of nitrogens with one attached hydrogen (secondary N) is 1. The summed E-state index contributed by atoms with van der Waals surface area (Å²) in [5.41, 5.74) is 0.328. The van der Waals surface area contributed by atoms with Crippen LogP contribution in [0.25, 0.3) is 0 Å². The van der Waals surface area contributed by atoms with Gasteiger partial charge in [0.25, 0.3) is 0 Å². The molecule has 1 aliphatic heterocycles. The van der Waals surface area contributed by atoms with Crippen molar-refractivity contribution >= 4 is 5.91 Å². The summed E-state index contributed by atoms with van der Waals surface area (Å²) in [6, 6.07) is 0.486. The lowest BCUT2D eigenvalue weighted by Gasteiger charge is -2.29. The zero-order valence-corrected chi connectivity index (χ0v) is 12.8. The van der Waals surface area contributed by atoms with Crippen LogP contribution in [0.4, 0.5) is 0 Å². The summed E-state index contributed by atoms with van der Waals surface area (Å²) in [4.78, 5) is 14.2. The highest BCUT2D eigenvalue weighted by molar-refractivity contribution is 5.76. The normalized spacial score (nSPS) is 23.9. The average Bonchev–Trinajstić information content (AvgIpc) is 2.47. The highest BCUT2D eigenvalue weighted by Crippen LogP contribution is 2.34. The third-order valence-corrected chi connectivity index (χ3v) is 4.36. The topological polar surface area (TPSA) is 32.3 Å². The summed E-state index contributed by atoms with van der Waals surface area (Å²) in [7, 11) is 1.98. The van der Waals surface area contributed by atoms with Crippen LogP contribution < -0.4 is 5.32 Å². The van der Waals surface area contributed by atoms with Gasteiger partial charge >= 0.3 is 0 Å². The maximum atomic E-state index is 12.1. The lowest BCUT2D eigenvalue weighted by atomic mass is 9.77. The molecule has 1 amide bonds. The van der Waals surface area contributed by atoms with Crippen LogP contribution in [0.2, 0.25) is 0 Å². The largest absolute Gasteiger partial charge is 0.343 e. The molecule has 0 aromatic heterocycles. The number of nitrogens with zero attached hydrogens (tertiary/aromatic N) is 1. The molecule has 3 heteroatoms. The number of hydrogen-bond acceptors (Lipinski definition) is 2. The molecule has 1 fully saturated rings. The Morgan fingerprint density at radius 2 is 2.06 bits per heavy atom. The molecule has 0 aromatic carbocycles. The minimum absolute atomic E-state index is 0.328. The lowest BCUT2D eigenvalue weighted by molar-refractivity contribution is -0.130. The molecule has 2 atom stereocenters. The number of rotatable bonds is 4. The van der Waals surface area contributed by atoms with E-state index in [4.69, 9.17) is 0 Å². The summed E-state index contributed by atoms with van der Waals surface area (Å²) < 4.78 is 0. The molecule has 0 aromatic rings. The van der Waals surface area contributed by atoms with Crippen molar-refractivity contribution in [2.24, 2.45) is 11.3 Å². The molecule has 1 N–H and O–H groups in total. The van der Waals surface area contributed by atoms with E-state index in [0.717, 1.165) is 38.8 Å². The van der Waals surface area contributed by atoms with Crippen LogP contribution in [0.15, 0.2) is 0 Å². The van der Waals surface area contributed by atoms with E-state index < -0.39 is 0 Å². The monoisotopic (exact) mass is 254 g/mol. The van der Waals surface area contributed by atoms with Gasteiger partial charge in [-0.1, -0.05) is 20.8 Å². The molecule has 1 rings (SSSR count). The van der Waals surface area contributed by atoms with E-state index in [1.807, 2.05) is 7.05 Å². The average molecular weight is 254 g/mol. The van der Waals surface area contributed by atoms with Crippen molar-refractivity contribution in [1.29, 1.82) is 0 Å². The molecular weight excluding hydrogens is 224 g/mol. The molecule has 1 aliphatic rings. The Balaban J connectivity index is 2.49. The Hall–Kier alpha value is -0.570. The second-order valence-corrected chi connectivity index (χ2v) is 6.75. The molecule has 1 heterocycles. The minimum atomic E-state index is 0.328. The van der Waals surface area contributed by atoms with Gasteiger partial charge in [0, 0.05) is 25.6 Å². The first kappa shape index (κ1) is 15.5. The molecule has 106 valence electrons. The summed E-state index contributed by atoms with van der Waals surface area (Å²) >= 11 is 0. The molecule has 0 bridgehead atoms. The van der Waals surface area contributed by atoms with Gasteiger partial charge < -0.3 is 10.2 Å². The molecular formula is C15H30N2O. The van der Waals surface area contributed by atoms with Gasteiger partial charge in [0.1, 0.15) is 0 Å². The summed E-state index contributed by atoms with van der Waals surface area (Å²) in [5, 5.41) is 3.23. The number of likely N-dealkylation sites (tertiary alicyclic amines) is 1. The third kappa shape index (κ3) is 4.60. The molecule has 1 saturated heterocycles. The van der Waals surface area contributed by atoms with E-state index >= 15 is 0 Å². The number of carbonyl (C=O) groups excluding carboxylic acids is 1. The number of amides is 1.